The third-order valence-corrected chi connectivity index (χ3v) is 5.52. The molecule has 0 spiro atoms. The molecule has 0 atom stereocenters. The van der Waals surface area contributed by atoms with E-state index in [2.05, 4.69) is 23.5 Å². The van der Waals surface area contributed by atoms with E-state index in [1.807, 2.05) is 66.7 Å². The van der Waals surface area contributed by atoms with E-state index < -0.39 is 0 Å². The van der Waals surface area contributed by atoms with E-state index in [0.29, 0.717) is 17.7 Å². The van der Waals surface area contributed by atoms with Gasteiger partial charge in [-0.05, 0) is 48.2 Å². The molecule has 3 aromatic rings. The van der Waals surface area contributed by atoms with Gasteiger partial charge in [0, 0.05) is 17.2 Å². The Bertz CT molecular complexity index is 946. The minimum absolute atomic E-state index is 0.0315. The molecule has 1 N–H and O–H groups in total. The minimum atomic E-state index is -0.0315. The average molecular weight is 387 g/mol. The molecule has 0 bridgehead atoms. The van der Waals surface area contributed by atoms with Gasteiger partial charge in [0.25, 0.3) is 5.91 Å². The zero-order chi connectivity index (χ0) is 19.6. The second-order valence-corrected chi connectivity index (χ2v) is 7.46. The van der Waals surface area contributed by atoms with Crippen molar-refractivity contribution in [2.24, 2.45) is 0 Å². The second-order valence-electron chi connectivity index (χ2n) is 6.44. The molecule has 0 aliphatic carbocycles. The smallest absolute Gasteiger partial charge is 0.252 e. The highest BCUT2D eigenvalue weighted by molar-refractivity contribution is 7.98. The molecule has 3 nitrogen and oxygen atoms in total. The van der Waals surface area contributed by atoms with Crippen LogP contribution in [0, 0.1) is 11.3 Å². The number of aryl methyl sites for hydroxylation is 1. The van der Waals surface area contributed by atoms with Crippen LogP contribution in [0.2, 0.25) is 0 Å². The van der Waals surface area contributed by atoms with Crippen LogP contribution in [-0.2, 0) is 12.2 Å². The van der Waals surface area contributed by atoms with Gasteiger partial charge in [0.05, 0.1) is 17.2 Å². The van der Waals surface area contributed by atoms with E-state index in [4.69, 9.17) is 5.26 Å². The van der Waals surface area contributed by atoms with E-state index in [1.165, 1.54) is 5.56 Å². The molecule has 0 heterocycles. The van der Waals surface area contributed by atoms with Crippen LogP contribution in [0.1, 0.15) is 33.5 Å². The number of carbonyl (C=O) groups is 1. The number of hydrogen-bond donors (Lipinski definition) is 1. The molecule has 0 saturated carbocycles. The number of nitriles is 1. The lowest BCUT2D eigenvalue weighted by atomic mass is 10.1. The van der Waals surface area contributed by atoms with Crippen molar-refractivity contribution < 1.29 is 4.79 Å². The SMILES string of the molecule is N#Cc1ccc(CSc2ccccc2C(=O)NCCCc2ccccc2)cc1. The number of carbonyl (C=O) groups excluding carboxylic acids is 1. The van der Waals surface area contributed by atoms with Gasteiger partial charge in [0.1, 0.15) is 0 Å². The summed E-state index contributed by atoms with van der Waals surface area (Å²) in [6.07, 6.45) is 1.87. The lowest BCUT2D eigenvalue weighted by molar-refractivity contribution is 0.0950. The van der Waals surface area contributed by atoms with E-state index in [-0.39, 0.29) is 5.91 Å². The number of rotatable bonds is 8. The van der Waals surface area contributed by atoms with Gasteiger partial charge >= 0.3 is 0 Å². The van der Waals surface area contributed by atoms with Crippen molar-refractivity contribution in [1.29, 1.82) is 5.26 Å². The third-order valence-electron chi connectivity index (χ3n) is 4.38. The second kappa shape index (κ2) is 10.3. The molecule has 3 rings (SSSR count). The highest BCUT2D eigenvalue weighted by Gasteiger charge is 2.11. The van der Waals surface area contributed by atoms with Crippen molar-refractivity contribution in [2.45, 2.75) is 23.5 Å². The molecule has 0 radical (unpaired) electrons. The highest BCUT2D eigenvalue weighted by atomic mass is 32.2. The van der Waals surface area contributed by atoms with E-state index in [1.54, 1.807) is 11.8 Å². The van der Waals surface area contributed by atoms with Gasteiger partial charge in [-0.3, -0.25) is 4.79 Å². The normalized spacial score (nSPS) is 10.2. The molecule has 0 aromatic heterocycles. The van der Waals surface area contributed by atoms with Crippen molar-refractivity contribution in [1.82, 2.24) is 5.32 Å². The Balaban J connectivity index is 1.53. The van der Waals surface area contributed by atoms with Gasteiger partial charge in [0.2, 0.25) is 0 Å². The van der Waals surface area contributed by atoms with Gasteiger partial charge in [-0.1, -0.05) is 54.6 Å². The Hall–Kier alpha value is -3.03. The lowest BCUT2D eigenvalue weighted by Crippen LogP contribution is -2.25. The summed E-state index contributed by atoms with van der Waals surface area (Å²) in [6.45, 7) is 0.655. The number of benzene rings is 3. The van der Waals surface area contributed by atoms with Gasteiger partial charge in [-0.15, -0.1) is 11.8 Å². The number of nitrogens with zero attached hydrogens (tertiary/aromatic N) is 1. The van der Waals surface area contributed by atoms with Crippen LogP contribution in [0.5, 0.6) is 0 Å². The summed E-state index contributed by atoms with van der Waals surface area (Å²) in [6, 6.07) is 27.7. The van der Waals surface area contributed by atoms with Gasteiger partial charge in [-0.25, -0.2) is 0 Å². The third kappa shape index (κ3) is 5.73. The Labute approximate surface area is 170 Å². The molecule has 4 heteroatoms. The maximum Gasteiger partial charge on any atom is 0.252 e. The lowest BCUT2D eigenvalue weighted by Gasteiger charge is -2.10. The largest absolute Gasteiger partial charge is 0.352 e. The van der Waals surface area contributed by atoms with Crippen molar-refractivity contribution >= 4 is 17.7 Å². The van der Waals surface area contributed by atoms with E-state index in [0.717, 1.165) is 29.1 Å². The molecule has 3 aromatic carbocycles. The maximum absolute atomic E-state index is 12.6. The zero-order valence-corrected chi connectivity index (χ0v) is 16.4. The van der Waals surface area contributed by atoms with Crippen molar-refractivity contribution in [3.05, 3.63) is 101 Å². The Morgan fingerprint density at radius 1 is 0.893 bits per heavy atom. The summed E-state index contributed by atoms with van der Waals surface area (Å²) in [5, 5.41) is 11.9. The standard InChI is InChI=1S/C24H22N2OS/c25-17-20-12-14-21(15-13-20)18-28-23-11-5-4-10-22(23)24(27)26-16-6-9-19-7-2-1-3-8-19/h1-5,7-8,10-15H,6,9,16,18H2,(H,26,27). The van der Waals surface area contributed by atoms with Gasteiger partial charge < -0.3 is 5.32 Å². The van der Waals surface area contributed by atoms with Crippen LogP contribution < -0.4 is 5.32 Å². The number of amides is 1. The Kier molecular flexibility index (Phi) is 7.29. The molecule has 28 heavy (non-hydrogen) atoms. The summed E-state index contributed by atoms with van der Waals surface area (Å²) >= 11 is 1.63. The van der Waals surface area contributed by atoms with Gasteiger partial charge in [-0.2, -0.15) is 5.26 Å². The van der Waals surface area contributed by atoms with E-state index in [9.17, 15) is 4.79 Å². The maximum atomic E-state index is 12.6. The fraction of sp³-hybridized carbons (Fsp3) is 0.167. The van der Waals surface area contributed by atoms with Crippen LogP contribution in [0.15, 0.2) is 83.8 Å². The van der Waals surface area contributed by atoms with Crippen LogP contribution in [-0.4, -0.2) is 12.5 Å². The summed E-state index contributed by atoms with van der Waals surface area (Å²) in [5.41, 5.74) is 3.78. The minimum Gasteiger partial charge on any atom is -0.352 e. The van der Waals surface area contributed by atoms with Crippen molar-refractivity contribution in [3.8, 4) is 6.07 Å². The van der Waals surface area contributed by atoms with Crippen LogP contribution in [0.3, 0.4) is 0 Å². The van der Waals surface area contributed by atoms with E-state index >= 15 is 0 Å². The first-order valence-corrected chi connectivity index (χ1v) is 10.3. The fourth-order valence-electron chi connectivity index (χ4n) is 2.85. The molecule has 0 fully saturated rings. The molecule has 0 unspecified atom stereocenters. The number of thioether (sulfide) groups is 1. The first-order valence-electron chi connectivity index (χ1n) is 9.29. The summed E-state index contributed by atoms with van der Waals surface area (Å²) in [5.74, 6) is 0.722. The van der Waals surface area contributed by atoms with Crippen LogP contribution in [0.25, 0.3) is 0 Å². The molecular weight excluding hydrogens is 364 g/mol. The Morgan fingerprint density at radius 3 is 2.36 bits per heavy atom. The highest BCUT2D eigenvalue weighted by Crippen LogP contribution is 2.26. The number of nitrogens with one attached hydrogen (secondary N) is 1. The molecule has 0 aliphatic heterocycles. The quantitative estimate of drug-likeness (QED) is 0.427. The van der Waals surface area contributed by atoms with Crippen LogP contribution in [0.4, 0.5) is 0 Å². The summed E-state index contributed by atoms with van der Waals surface area (Å²) in [4.78, 5) is 13.6. The molecule has 140 valence electrons. The average Bonchev–Trinajstić information content (AvgIpc) is 2.76. The Morgan fingerprint density at radius 2 is 1.61 bits per heavy atom. The van der Waals surface area contributed by atoms with Crippen molar-refractivity contribution in [3.63, 3.8) is 0 Å². The number of hydrogen-bond acceptors (Lipinski definition) is 3. The fourth-order valence-corrected chi connectivity index (χ4v) is 3.86. The molecule has 1 amide bonds. The predicted octanol–water partition coefficient (Wildman–Crippen LogP) is 5.21. The predicted molar refractivity (Wildman–Crippen MR) is 114 cm³/mol. The van der Waals surface area contributed by atoms with Crippen LogP contribution >= 0.6 is 11.8 Å². The molecule has 0 saturated heterocycles. The first kappa shape index (κ1) is 19.7. The first-order chi connectivity index (χ1) is 13.8. The summed E-state index contributed by atoms with van der Waals surface area (Å²) in [7, 11) is 0. The zero-order valence-electron chi connectivity index (χ0n) is 15.6. The topological polar surface area (TPSA) is 52.9 Å². The molecular formula is C24H22N2OS. The van der Waals surface area contributed by atoms with Gasteiger partial charge in [0.15, 0.2) is 0 Å². The monoisotopic (exact) mass is 386 g/mol. The summed E-state index contributed by atoms with van der Waals surface area (Å²) < 4.78 is 0. The molecule has 0 aliphatic rings. The van der Waals surface area contributed by atoms with Crippen molar-refractivity contribution in [2.75, 3.05) is 6.54 Å².